The van der Waals surface area contributed by atoms with Gasteiger partial charge in [0.25, 0.3) is 0 Å². The Balaban J connectivity index is 3.58. The van der Waals surface area contributed by atoms with Crippen LogP contribution in [0.3, 0.4) is 0 Å². The number of hydrogen-bond acceptors (Lipinski definition) is 1. The molecule has 0 N–H and O–H groups in total. The Morgan fingerprint density at radius 1 is 1.17 bits per heavy atom. The summed E-state index contributed by atoms with van der Waals surface area (Å²) in [5, 5.41) is 8.60. The molecular weight excluding hydrogens is 146 g/mol. The number of nitriles is 1. The quantitative estimate of drug-likeness (QED) is 0.449. The Hall–Kier alpha value is -0.770. The smallest absolute Gasteiger partial charge is 0.0943 e. The van der Waals surface area contributed by atoms with E-state index in [4.69, 9.17) is 5.26 Å². The van der Waals surface area contributed by atoms with E-state index in [0.29, 0.717) is 0 Å². The van der Waals surface area contributed by atoms with E-state index in [-0.39, 0.29) is 0 Å². The van der Waals surface area contributed by atoms with Gasteiger partial charge in [-0.2, -0.15) is 5.26 Å². The summed E-state index contributed by atoms with van der Waals surface area (Å²) in [7, 11) is 0. The highest BCUT2D eigenvalue weighted by Crippen LogP contribution is 2.12. The van der Waals surface area contributed by atoms with Gasteiger partial charge < -0.3 is 0 Å². The summed E-state index contributed by atoms with van der Waals surface area (Å²) in [6.45, 7) is 6.17. The molecule has 1 nitrogen and oxygen atoms in total. The molecule has 0 aromatic carbocycles. The monoisotopic (exact) mass is 165 g/mol. The van der Waals surface area contributed by atoms with Crippen molar-refractivity contribution in [2.75, 3.05) is 0 Å². The zero-order valence-electron chi connectivity index (χ0n) is 8.48. The van der Waals surface area contributed by atoms with E-state index in [1.54, 1.807) is 0 Å². The van der Waals surface area contributed by atoms with E-state index in [1.807, 2.05) is 6.92 Å². The van der Waals surface area contributed by atoms with E-state index < -0.39 is 0 Å². The molecule has 0 spiro atoms. The number of rotatable bonds is 5. The molecular formula is C11H19N. The third kappa shape index (κ3) is 4.96. The van der Waals surface area contributed by atoms with Gasteiger partial charge in [0.05, 0.1) is 6.07 Å². The molecule has 1 heteroatoms. The van der Waals surface area contributed by atoms with Crippen LogP contribution in [0.5, 0.6) is 0 Å². The maximum absolute atomic E-state index is 8.60. The van der Waals surface area contributed by atoms with E-state index in [1.165, 1.54) is 31.3 Å². The number of allylic oxidation sites excluding steroid dienone is 2. The van der Waals surface area contributed by atoms with Gasteiger partial charge in [-0.05, 0) is 26.7 Å². The molecule has 0 heterocycles. The third-order valence-corrected chi connectivity index (χ3v) is 2.21. The molecule has 0 aliphatic carbocycles. The van der Waals surface area contributed by atoms with Crippen molar-refractivity contribution in [2.45, 2.75) is 52.9 Å². The van der Waals surface area contributed by atoms with Crippen molar-refractivity contribution in [1.82, 2.24) is 0 Å². The van der Waals surface area contributed by atoms with Gasteiger partial charge in [0.1, 0.15) is 0 Å². The topological polar surface area (TPSA) is 23.8 Å². The zero-order valence-corrected chi connectivity index (χ0v) is 8.48. The standard InChI is InChI=1S/C11H19N/c1-4-5-6-7-8-10(2)11(3)9-12/h4-8H2,1-3H3/b11-10+. The molecule has 0 aliphatic rings. The molecule has 0 radical (unpaired) electrons. The van der Waals surface area contributed by atoms with Crippen molar-refractivity contribution in [3.63, 3.8) is 0 Å². The van der Waals surface area contributed by atoms with Gasteiger partial charge in [0.15, 0.2) is 0 Å². The first-order chi connectivity index (χ1) is 5.72. The summed E-state index contributed by atoms with van der Waals surface area (Å²) < 4.78 is 0. The number of hydrogen-bond donors (Lipinski definition) is 0. The molecule has 0 aliphatic heterocycles. The number of unbranched alkanes of at least 4 members (excludes halogenated alkanes) is 3. The van der Waals surface area contributed by atoms with Crippen LogP contribution >= 0.6 is 0 Å². The average Bonchev–Trinajstić information content (AvgIpc) is 2.10. The minimum absolute atomic E-state index is 0.895. The largest absolute Gasteiger partial charge is 0.193 e. The third-order valence-electron chi connectivity index (χ3n) is 2.21. The van der Waals surface area contributed by atoms with Gasteiger partial charge in [0.2, 0.25) is 0 Å². The van der Waals surface area contributed by atoms with Crippen LogP contribution in [0.4, 0.5) is 0 Å². The lowest BCUT2D eigenvalue weighted by atomic mass is 10.0. The number of nitrogens with zero attached hydrogens (tertiary/aromatic N) is 1. The average molecular weight is 165 g/mol. The van der Waals surface area contributed by atoms with Gasteiger partial charge >= 0.3 is 0 Å². The first-order valence-electron chi connectivity index (χ1n) is 4.78. The molecule has 0 bridgehead atoms. The first kappa shape index (κ1) is 11.2. The SMILES string of the molecule is CCCCCC/C(C)=C(\C)C#N. The van der Waals surface area contributed by atoms with Crippen molar-refractivity contribution < 1.29 is 0 Å². The lowest BCUT2D eigenvalue weighted by Crippen LogP contribution is -1.83. The summed E-state index contributed by atoms with van der Waals surface area (Å²) in [5.41, 5.74) is 2.15. The van der Waals surface area contributed by atoms with Gasteiger partial charge in [-0.25, -0.2) is 0 Å². The van der Waals surface area contributed by atoms with Crippen LogP contribution in [0.25, 0.3) is 0 Å². The van der Waals surface area contributed by atoms with Crippen molar-refractivity contribution >= 4 is 0 Å². The van der Waals surface area contributed by atoms with Gasteiger partial charge in [-0.15, -0.1) is 0 Å². The van der Waals surface area contributed by atoms with Crippen LogP contribution in [0.2, 0.25) is 0 Å². The summed E-state index contributed by atoms with van der Waals surface area (Å²) in [4.78, 5) is 0. The van der Waals surface area contributed by atoms with E-state index >= 15 is 0 Å². The van der Waals surface area contributed by atoms with Crippen LogP contribution in [0, 0.1) is 11.3 Å². The highest BCUT2D eigenvalue weighted by atomic mass is 14.2. The summed E-state index contributed by atoms with van der Waals surface area (Å²) >= 11 is 0. The predicted octanol–water partition coefficient (Wildman–Crippen LogP) is 3.82. The molecule has 12 heavy (non-hydrogen) atoms. The van der Waals surface area contributed by atoms with E-state index in [9.17, 15) is 0 Å². The van der Waals surface area contributed by atoms with Crippen molar-refractivity contribution in [3.05, 3.63) is 11.1 Å². The molecule has 0 aromatic rings. The summed E-state index contributed by atoms with van der Waals surface area (Å²) in [5.74, 6) is 0. The lowest BCUT2D eigenvalue weighted by molar-refractivity contribution is 0.663. The van der Waals surface area contributed by atoms with Crippen molar-refractivity contribution in [2.24, 2.45) is 0 Å². The van der Waals surface area contributed by atoms with Crippen LogP contribution in [0.1, 0.15) is 52.9 Å². The Morgan fingerprint density at radius 3 is 2.33 bits per heavy atom. The normalized spacial score (nSPS) is 12.2. The Kier molecular flexibility index (Phi) is 6.47. The van der Waals surface area contributed by atoms with Gasteiger partial charge in [0, 0.05) is 5.57 Å². The molecule has 0 saturated carbocycles. The fourth-order valence-corrected chi connectivity index (χ4v) is 1.10. The molecule has 0 atom stereocenters. The second-order valence-electron chi connectivity index (χ2n) is 3.33. The second kappa shape index (κ2) is 6.91. The molecule has 0 rings (SSSR count). The van der Waals surface area contributed by atoms with Crippen LogP contribution < -0.4 is 0 Å². The minimum atomic E-state index is 0.895. The highest BCUT2D eigenvalue weighted by molar-refractivity contribution is 5.23. The van der Waals surface area contributed by atoms with E-state index in [2.05, 4.69) is 19.9 Å². The van der Waals surface area contributed by atoms with E-state index in [0.717, 1.165) is 12.0 Å². The van der Waals surface area contributed by atoms with Crippen LogP contribution in [-0.4, -0.2) is 0 Å². The Morgan fingerprint density at radius 2 is 1.83 bits per heavy atom. The fraction of sp³-hybridized carbons (Fsp3) is 0.727. The highest BCUT2D eigenvalue weighted by Gasteiger charge is 1.95. The predicted molar refractivity (Wildman–Crippen MR) is 52.7 cm³/mol. The van der Waals surface area contributed by atoms with Crippen LogP contribution in [0.15, 0.2) is 11.1 Å². The van der Waals surface area contributed by atoms with Gasteiger partial charge in [-0.3, -0.25) is 0 Å². The lowest BCUT2D eigenvalue weighted by Gasteiger charge is -2.01. The zero-order chi connectivity index (χ0) is 9.40. The maximum atomic E-state index is 8.60. The van der Waals surface area contributed by atoms with Crippen LogP contribution in [-0.2, 0) is 0 Å². The molecule has 0 fully saturated rings. The summed E-state index contributed by atoms with van der Waals surface area (Å²) in [6, 6.07) is 2.19. The molecule has 0 amide bonds. The Bertz CT molecular complexity index is 184. The minimum Gasteiger partial charge on any atom is -0.193 e. The molecule has 0 saturated heterocycles. The molecule has 0 aromatic heterocycles. The van der Waals surface area contributed by atoms with Crippen molar-refractivity contribution in [3.8, 4) is 6.07 Å². The summed E-state index contributed by atoms with van der Waals surface area (Å²) in [6.07, 6.45) is 6.23. The fourth-order valence-electron chi connectivity index (χ4n) is 1.10. The molecule has 68 valence electrons. The van der Waals surface area contributed by atoms with Crippen molar-refractivity contribution in [1.29, 1.82) is 5.26 Å². The second-order valence-corrected chi connectivity index (χ2v) is 3.33. The molecule has 0 unspecified atom stereocenters. The Labute approximate surface area is 76.1 Å². The first-order valence-corrected chi connectivity index (χ1v) is 4.78. The maximum Gasteiger partial charge on any atom is 0.0943 e. The van der Waals surface area contributed by atoms with Gasteiger partial charge in [-0.1, -0.05) is 31.8 Å².